The molecule has 0 aliphatic carbocycles. The summed E-state index contributed by atoms with van der Waals surface area (Å²) in [7, 11) is 0. The smallest absolute Gasteiger partial charge is 0.244 e. The maximum Gasteiger partial charge on any atom is 0.244 e. The Balaban J connectivity index is 1.34. The summed E-state index contributed by atoms with van der Waals surface area (Å²) < 4.78 is 0. The highest BCUT2D eigenvalue weighted by atomic mass is 35.5. The van der Waals surface area contributed by atoms with Crippen molar-refractivity contribution >= 4 is 46.3 Å². The fraction of sp³-hybridized carbons (Fsp3) is 0.0455. The Morgan fingerprint density at radius 3 is 2.76 bits per heavy atom. The number of nitrogens with one attached hydrogen (secondary N) is 1. The molecule has 4 nitrogen and oxygen atoms in total. The molecular weight excluding hydrogens is 422 g/mol. The van der Waals surface area contributed by atoms with Crippen molar-refractivity contribution in [3.05, 3.63) is 87.3 Å². The molecule has 0 fully saturated rings. The van der Waals surface area contributed by atoms with Crippen molar-refractivity contribution in [1.82, 2.24) is 15.3 Å². The van der Waals surface area contributed by atoms with Crippen molar-refractivity contribution in [2.24, 2.45) is 0 Å². The van der Waals surface area contributed by atoms with E-state index in [0.717, 1.165) is 36.6 Å². The number of thiazole rings is 1. The number of benzene rings is 1. The topological polar surface area (TPSA) is 54.9 Å². The molecule has 0 unspecified atom stereocenters. The minimum atomic E-state index is -0.154. The summed E-state index contributed by atoms with van der Waals surface area (Å²) in [6.45, 7) is 0.397. The van der Waals surface area contributed by atoms with E-state index < -0.39 is 0 Å². The van der Waals surface area contributed by atoms with Gasteiger partial charge < -0.3 is 5.32 Å². The van der Waals surface area contributed by atoms with Crippen LogP contribution in [0.2, 0.25) is 5.02 Å². The minimum absolute atomic E-state index is 0.154. The average molecular weight is 438 g/mol. The molecule has 7 heteroatoms. The van der Waals surface area contributed by atoms with Gasteiger partial charge in [-0.3, -0.25) is 9.78 Å². The number of hydrogen-bond donors (Lipinski definition) is 1. The largest absolute Gasteiger partial charge is 0.346 e. The van der Waals surface area contributed by atoms with E-state index in [4.69, 9.17) is 11.6 Å². The Bertz CT molecular complexity index is 1150. The first-order valence-electron chi connectivity index (χ1n) is 8.84. The van der Waals surface area contributed by atoms with Crippen LogP contribution < -0.4 is 5.32 Å². The van der Waals surface area contributed by atoms with Gasteiger partial charge in [0.1, 0.15) is 5.01 Å². The number of rotatable bonds is 6. The number of nitrogens with zero attached hydrogens (tertiary/aromatic N) is 2. The molecule has 0 atom stereocenters. The lowest BCUT2D eigenvalue weighted by Gasteiger charge is -1.99. The normalized spacial score (nSPS) is 11.1. The van der Waals surface area contributed by atoms with Crippen LogP contribution in [0.4, 0.5) is 0 Å². The Kier molecular flexibility index (Phi) is 6.14. The zero-order valence-electron chi connectivity index (χ0n) is 15.2. The summed E-state index contributed by atoms with van der Waals surface area (Å²) in [6, 6.07) is 15.6. The molecule has 0 saturated heterocycles. The lowest BCUT2D eigenvalue weighted by molar-refractivity contribution is -0.116. The number of hydrogen-bond acceptors (Lipinski definition) is 5. The van der Waals surface area contributed by atoms with Gasteiger partial charge >= 0.3 is 0 Å². The van der Waals surface area contributed by atoms with Crippen LogP contribution in [0.1, 0.15) is 9.88 Å². The van der Waals surface area contributed by atoms with E-state index >= 15 is 0 Å². The number of halogens is 1. The third kappa shape index (κ3) is 4.98. The molecule has 1 aromatic carbocycles. The monoisotopic (exact) mass is 437 g/mol. The van der Waals surface area contributed by atoms with Gasteiger partial charge in [0.15, 0.2) is 0 Å². The lowest BCUT2D eigenvalue weighted by atomic mass is 10.2. The van der Waals surface area contributed by atoms with Gasteiger partial charge in [0.2, 0.25) is 5.91 Å². The van der Waals surface area contributed by atoms with Crippen molar-refractivity contribution in [1.29, 1.82) is 0 Å². The number of pyridine rings is 1. The zero-order chi connectivity index (χ0) is 20.1. The number of amides is 1. The van der Waals surface area contributed by atoms with Crippen LogP contribution in [0, 0.1) is 0 Å². The zero-order valence-corrected chi connectivity index (χ0v) is 17.6. The van der Waals surface area contributed by atoms with Gasteiger partial charge in [-0.05, 0) is 36.4 Å². The SMILES string of the molecule is O=C(/C=C/c1ccc(-c2ccccc2Cl)s1)NCc1nc(-c2ccncc2)cs1. The van der Waals surface area contributed by atoms with Crippen molar-refractivity contribution in [2.45, 2.75) is 6.54 Å². The van der Waals surface area contributed by atoms with E-state index in [2.05, 4.69) is 15.3 Å². The summed E-state index contributed by atoms with van der Waals surface area (Å²) in [5.41, 5.74) is 2.90. The number of aromatic nitrogens is 2. The van der Waals surface area contributed by atoms with E-state index in [0.29, 0.717) is 6.54 Å². The molecular formula is C22H16ClN3OS2. The molecule has 0 aliphatic rings. The van der Waals surface area contributed by atoms with Gasteiger partial charge in [-0.15, -0.1) is 22.7 Å². The van der Waals surface area contributed by atoms with Crippen molar-refractivity contribution in [3.63, 3.8) is 0 Å². The Morgan fingerprint density at radius 1 is 1.10 bits per heavy atom. The van der Waals surface area contributed by atoms with Crippen LogP contribution in [0.15, 0.2) is 72.4 Å². The van der Waals surface area contributed by atoms with Gasteiger partial charge in [0.05, 0.1) is 12.2 Å². The molecule has 0 spiro atoms. The maximum atomic E-state index is 12.2. The molecule has 3 heterocycles. The van der Waals surface area contributed by atoms with Gasteiger partial charge in [0.25, 0.3) is 0 Å². The van der Waals surface area contributed by atoms with Gasteiger partial charge in [-0.2, -0.15) is 0 Å². The van der Waals surface area contributed by atoms with E-state index in [-0.39, 0.29) is 5.91 Å². The predicted molar refractivity (Wildman–Crippen MR) is 121 cm³/mol. The van der Waals surface area contributed by atoms with Gasteiger partial charge in [-0.1, -0.05) is 29.8 Å². The first-order valence-corrected chi connectivity index (χ1v) is 10.9. The molecule has 4 rings (SSSR count). The fourth-order valence-electron chi connectivity index (χ4n) is 2.68. The molecule has 1 N–H and O–H groups in total. The van der Waals surface area contributed by atoms with E-state index in [1.807, 2.05) is 60.0 Å². The second-order valence-electron chi connectivity index (χ2n) is 6.10. The quantitative estimate of drug-likeness (QED) is 0.381. The van der Waals surface area contributed by atoms with Crippen LogP contribution in [0.25, 0.3) is 27.8 Å². The molecule has 29 heavy (non-hydrogen) atoms. The highest BCUT2D eigenvalue weighted by Crippen LogP contribution is 2.33. The molecule has 0 radical (unpaired) electrons. The molecule has 0 aliphatic heterocycles. The second-order valence-corrected chi connectivity index (χ2v) is 8.56. The average Bonchev–Trinajstić information content (AvgIpc) is 3.41. The summed E-state index contributed by atoms with van der Waals surface area (Å²) in [4.78, 5) is 22.8. The van der Waals surface area contributed by atoms with Crippen LogP contribution >= 0.6 is 34.3 Å². The van der Waals surface area contributed by atoms with Crippen LogP contribution in [0.5, 0.6) is 0 Å². The summed E-state index contributed by atoms with van der Waals surface area (Å²) >= 11 is 9.37. The molecule has 4 aromatic rings. The van der Waals surface area contributed by atoms with Crippen LogP contribution in [-0.4, -0.2) is 15.9 Å². The van der Waals surface area contributed by atoms with Crippen LogP contribution in [-0.2, 0) is 11.3 Å². The first-order chi connectivity index (χ1) is 14.2. The van der Waals surface area contributed by atoms with Crippen molar-refractivity contribution in [3.8, 4) is 21.7 Å². The molecule has 0 bridgehead atoms. The third-order valence-corrected chi connectivity index (χ3v) is 6.37. The van der Waals surface area contributed by atoms with Crippen molar-refractivity contribution in [2.75, 3.05) is 0 Å². The lowest BCUT2D eigenvalue weighted by Crippen LogP contribution is -2.20. The third-order valence-electron chi connectivity index (χ3n) is 4.11. The van der Waals surface area contributed by atoms with Gasteiger partial charge in [-0.25, -0.2) is 4.98 Å². The van der Waals surface area contributed by atoms with E-state index in [1.54, 1.807) is 29.8 Å². The van der Waals surface area contributed by atoms with Crippen LogP contribution in [0.3, 0.4) is 0 Å². The summed E-state index contributed by atoms with van der Waals surface area (Å²) in [5, 5.41) is 6.43. The van der Waals surface area contributed by atoms with Gasteiger partial charge in [0, 0.05) is 49.8 Å². The number of thiophene rings is 1. The molecule has 1 amide bonds. The maximum absolute atomic E-state index is 12.2. The van der Waals surface area contributed by atoms with E-state index in [1.165, 1.54) is 11.3 Å². The highest BCUT2D eigenvalue weighted by molar-refractivity contribution is 7.16. The standard InChI is InChI=1S/C22H16ClN3OS2/c23-18-4-2-1-3-17(18)20-7-5-16(29-20)6-8-21(27)25-13-22-26-19(14-28-22)15-9-11-24-12-10-15/h1-12,14H,13H2,(H,25,27)/b8-6+. The molecule has 0 saturated carbocycles. The van der Waals surface area contributed by atoms with Crippen molar-refractivity contribution < 1.29 is 4.79 Å². The number of carbonyl (C=O) groups is 1. The summed E-state index contributed by atoms with van der Waals surface area (Å²) in [5.74, 6) is -0.154. The summed E-state index contributed by atoms with van der Waals surface area (Å²) in [6.07, 6.45) is 6.83. The minimum Gasteiger partial charge on any atom is -0.346 e. The number of carbonyl (C=O) groups excluding carboxylic acids is 1. The molecule has 144 valence electrons. The Morgan fingerprint density at radius 2 is 1.93 bits per heavy atom. The highest BCUT2D eigenvalue weighted by Gasteiger charge is 2.07. The Hall–Kier alpha value is -2.80. The fourth-order valence-corrected chi connectivity index (χ4v) is 4.66. The van der Waals surface area contributed by atoms with E-state index in [9.17, 15) is 4.79 Å². The molecule has 3 aromatic heterocycles. The second kappa shape index (κ2) is 9.13. The Labute approximate surface area is 181 Å². The predicted octanol–water partition coefficient (Wildman–Crippen LogP) is 5.92. The first kappa shape index (κ1) is 19.5.